The Labute approximate surface area is 128 Å². The van der Waals surface area contributed by atoms with Crippen LogP contribution < -0.4 is 15.2 Å². The Bertz CT molecular complexity index is 525. The highest BCUT2D eigenvalue weighted by atomic mass is 35.5. The normalized spacial score (nSPS) is 19.9. The molecular weight excluding hydrogens is 303 g/mol. The summed E-state index contributed by atoms with van der Waals surface area (Å²) >= 11 is 6.10. The molecule has 2 heterocycles. The summed E-state index contributed by atoms with van der Waals surface area (Å²) in [6.07, 6.45) is 1.95. The highest BCUT2D eigenvalue weighted by Gasteiger charge is 2.30. The number of amides is 1. The Morgan fingerprint density at radius 2 is 2.25 bits per heavy atom. The molecule has 2 aliphatic heterocycles. The largest absolute Gasteiger partial charge is 0.454 e. The van der Waals surface area contributed by atoms with Crippen molar-refractivity contribution in [3.05, 3.63) is 22.7 Å². The maximum atomic E-state index is 12.5. The molecular formula is C13H16Cl2N2O3. The molecule has 1 atom stereocenters. The first-order valence-corrected chi connectivity index (χ1v) is 6.68. The summed E-state index contributed by atoms with van der Waals surface area (Å²) in [7, 11) is 0. The molecule has 1 amide bonds. The predicted molar refractivity (Wildman–Crippen MR) is 77.9 cm³/mol. The van der Waals surface area contributed by atoms with Crippen LogP contribution in [0.3, 0.4) is 0 Å². The molecule has 2 aliphatic rings. The van der Waals surface area contributed by atoms with E-state index in [1.54, 1.807) is 12.1 Å². The third-order valence-electron chi connectivity index (χ3n) is 3.58. The number of nitrogens with zero attached hydrogens (tertiary/aromatic N) is 1. The lowest BCUT2D eigenvalue weighted by Gasteiger charge is -2.23. The van der Waals surface area contributed by atoms with Gasteiger partial charge in [0.25, 0.3) is 5.91 Å². The van der Waals surface area contributed by atoms with Gasteiger partial charge in [0.05, 0.1) is 5.02 Å². The smallest absolute Gasteiger partial charge is 0.254 e. The number of fused-ring (bicyclic) bond motifs is 1. The van der Waals surface area contributed by atoms with Crippen molar-refractivity contribution >= 4 is 29.9 Å². The van der Waals surface area contributed by atoms with Crippen LogP contribution >= 0.6 is 24.0 Å². The van der Waals surface area contributed by atoms with E-state index in [4.69, 9.17) is 26.8 Å². The molecule has 20 heavy (non-hydrogen) atoms. The van der Waals surface area contributed by atoms with Crippen molar-refractivity contribution in [2.24, 2.45) is 5.73 Å². The SMILES string of the molecule is Cl.NCC1CCCN1C(=O)c1cc(Cl)c2c(c1)OCO2. The fraction of sp³-hybridized carbons (Fsp3) is 0.462. The highest BCUT2D eigenvalue weighted by molar-refractivity contribution is 6.32. The molecule has 1 aromatic carbocycles. The van der Waals surface area contributed by atoms with E-state index in [1.165, 1.54) is 0 Å². The van der Waals surface area contributed by atoms with Gasteiger partial charge in [0.1, 0.15) is 0 Å². The van der Waals surface area contributed by atoms with Crippen molar-refractivity contribution in [1.82, 2.24) is 4.90 Å². The van der Waals surface area contributed by atoms with Gasteiger partial charge in [-0.2, -0.15) is 0 Å². The first-order chi connectivity index (χ1) is 9.20. The van der Waals surface area contributed by atoms with Crippen LogP contribution in [0.1, 0.15) is 23.2 Å². The first kappa shape index (κ1) is 15.2. The molecule has 0 saturated carbocycles. The van der Waals surface area contributed by atoms with Crippen LogP contribution in [0.2, 0.25) is 5.02 Å². The lowest BCUT2D eigenvalue weighted by Crippen LogP contribution is -2.39. The molecule has 5 nitrogen and oxygen atoms in total. The molecule has 1 aromatic rings. The summed E-state index contributed by atoms with van der Waals surface area (Å²) in [4.78, 5) is 14.3. The average Bonchev–Trinajstić information content (AvgIpc) is 3.06. The van der Waals surface area contributed by atoms with Gasteiger partial charge in [-0.3, -0.25) is 4.79 Å². The molecule has 1 unspecified atom stereocenters. The summed E-state index contributed by atoms with van der Waals surface area (Å²) in [6.45, 7) is 1.37. The van der Waals surface area contributed by atoms with E-state index >= 15 is 0 Å². The Morgan fingerprint density at radius 1 is 1.45 bits per heavy atom. The van der Waals surface area contributed by atoms with Crippen LogP contribution in [-0.4, -0.2) is 36.7 Å². The van der Waals surface area contributed by atoms with Gasteiger partial charge in [0.2, 0.25) is 6.79 Å². The second kappa shape index (κ2) is 6.08. The zero-order chi connectivity index (χ0) is 13.4. The van der Waals surface area contributed by atoms with Crippen LogP contribution in [0, 0.1) is 0 Å². The Hall–Kier alpha value is -1.17. The maximum absolute atomic E-state index is 12.5. The molecule has 1 saturated heterocycles. The third kappa shape index (κ3) is 2.53. The van der Waals surface area contributed by atoms with Crippen molar-refractivity contribution in [2.45, 2.75) is 18.9 Å². The van der Waals surface area contributed by atoms with Gasteiger partial charge < -0.3 is 20.1 Å². The number of rotatable bonds is 2. The summed E-state index contributed by atoms with van der Waals surface area (Å²) in [5.41, 5.74) is 6.22. The molecule has 0 aliphatic carbocycles. The number of hydrogen-bond donors (Lipinski definition) is 1. The number of halogens is 2. The van der Waals surface area contributed by atoms with E-state index in [9.17, 15) is 4.79 Å². The highest BCUT2D eigenvalue weighted by Crippen LogP contribution is 2.40. The second-order valence-electron chi connectivity index (χ2n) is 4.72. The lowest BCUT2D eigenvalue weighted by atomic mass is 10.1. The minimum atomic E-state index is -0.0480. The van der Waals surface area contributed by atoms with Crippen molar-refractivity contribution in [3.8, 4) is 11.5 Å². The van der Waals surface area contributed by atoms with Crippen LogP contribution in [0.4, 0.5) is 0 Å². The molecule has 0 spiro atoms. The standard InChI is InChI=1S/C13H15ClN2O3.ClH/c14-10-4-8(5-11-12(10)19-7-18-11)13(17)16-3-1-2-9(16)6-15;/h4-5,9H,1-3,6-7,15H2;1H. The zero-order valence-electron chi connectivity index (χ0n) is 10.8. The number of benzene rings is 1. The predicted octanol–water partition coefficient (Wildman–Crippen LogP) is 2.05. The second-order valence-corrected chi connectivity index (χ2v) is 5.13. The lowest BCUT2D eigenvalue weighted by molar-refractivity contribution is 0.0741. The third-order valence-corrected chi connectivity index (χ3v) is 3.86. The van der Waals surface area contributed by atoms with Gasteiger partial charge in [0.15, 0.2) is 11.5 Å². The van der Waals surface area contributed by atoms with Crippen LogP contribution in [0.15, 0.2) is 12.1 Å². The quantitative estimate of drug-likeness (QED) is 0.906. The van der Waals surface area contributed by atoms with Gasteiger partial charge in [0, 0.05) is 24.7 Å². The molecule has 3 rings (SSSR count). The van der Waals surface area contributed by atoms with E-state index in [0.717, 1.165) is 19.4 Å². The fourth-order valence-electron chi connectivity index (χ4n) is 2.60. The van der Waals surface area contributed by atoms with E-state index in [0.29, 0.717) is 28.6 Å². The Kier molecular flexibility index (Phi) is 4.62. The van der Waals surface area contributed by atoms with Crippen molar-refractivity contribution in [3.63, 3.8) is 0 Å². The van der Waals surface area contributed by atoms with Crippen molar-refractivity contribution in [2.75, 3.05) is 19.9 Å². The minimum Gasteiger partial charge on any atom is -0.454 e. The number of carbonyl (C=O) groups is 1. The number of carbonyl (C=O) groups excluding carboxylic acids is 1. The number of hydrogen-bond acceptors (Lipinski definition) is 4. The van der Waals surface area contributed by atoms with Crippen molar-refractivity contribution in [1.29, 1.82) is 0 Å². The van der Waals surface area contributed by atoms with Gasteiger partial charge >= 0.3 is 0 Å². The summed E-state index contributed by atoms with van der Waals surface area (Å²) in [6, 6.07) is 3.43. The fourth-order valence-corrected chi connectivity index (χ4v) is 2.87. The van der Waals surface area contributed by atoms with Crippen LogP contribution in [0.5, 0.6) is 11.5 Å². The molecule has 7 heteroatoms. The number of ether oxygens (including phenoxy) is 2. The molecule has 0 bridgehead atoms. The molecule has 0 aromatic heterocycles. The molecule has 110 valence electrons. The minimum absolute atomic E-state index is 0. The molecule has 2 N–H and O–H groups in total. The number of likely N-dealkylation sites (tertiary alicyclic amines) is 1. The average molecular weight is 319 g/mol. The van der Waals surface area contributed by atoms with Gasteiger partial charge in [-0.15, -0.1) is 12.4 Å². The summed E-state index contributed by atoms with van der Waals surface area (Å²) in [5, 5.41) is 0.404. The Balaban J connectivity index is 0.00000147. The molecule has 1 fully saturated rings. The van der Waals surface area contributed by atoms with E-state index in [2.05, 4.69) is 0 Å². The van der Waals surface area contributed by atoms with E-state index < -0.39 is 0 Å². The monoisotopic (exact) mass is 318 g/mol. The van der Waals surface area contributed by atoms with Crippen LogP contribution in [-0.2, 0) is 0 Å². The van der Waals surface area contributed by atoms with Crippen molar-refractivity contribution < 1.29 is 14.3 Å². The van der Waals surface area contributed by atoms with Gasteiger partial charge in [-0.25, -0.2) is 0 Å². The Morgan fingerprint density at radius 3 is 3.00 bits per heavy atom. The molecule has 0 radical (unpaired) electrons. The van der Waals surface area contributed by atoms with Gasteiger partial charge in [-0.05, 0) is 25.0 Å². The summed E-state index contributed by atoms with van der Waals surface area (Å²) < 4.78 is 10.5. The van der Waals surface area contributed by atoms with Gasteiger partial charge in [-0.1, -0.05) is 11.6 Å². The first-order valence-electron chi connectivity index (χ1n) is 6.31. The number of nitrogens with two attached hydrogens (primary N) is 1. The topological polar surface area (TPSA) is 64.8 Å². The summed E-state index contributed by atoms with van der Waals surface area (Å²) in [5.74, 6) is 0.988. The van der Waals surface area contributed by atoms with E-state index in [1.807, 2.05) is 4.90 Å². The zero-order valence-corrected chi connectivity index (χ0v) is 12.4. The maximum Gasteiger partial charge on any atom is 0.254 e. The van der Waals surface area contributed by atoms with Crippen LogP contribution in [0.25, 0.3) is 0 Å². The van der Waals surface area contributed by atoms with E-state index in [-0.39, 0.29) is 31.1 Å².